The van der Waals surface area contributed by atoms with Gasteiger partial charge in [0.1, 0.15) is 5.82 Å². The summed E-state index contributed by atoms with van der Waals surface area (Å²) in [7, 11) is 0. The van der Waals surface area contributed by atoms with E-state index in [-0.39, 0.29) is 6.04 Å². The maximum atomic E-state index is 13.0. The standard InChI is InChI=1S/C13H17F4N/c1-3-4-9(2)18-8-10-5-6-12(14)11(7-10)13(15,16)17/h5-7,9,18H,3-4,8H2,1-2H3. The van der Waals surface area contributed by atoms with Crippen LogP contribution in [0.15, 0.2) is 18.2 Å². The Labute approximate surface area is 104 Å². The van der Waals surface area contributed by atoms with Gasteiger partial charge in [-0.2, -0.15) is 13.2 Å². The van der Waals surface area contributed by atoms with Crippen molar-refractivity contribution < 1.29 is 17.6 Å². The Hall–Kier alpha value is -1.10. The summed E-state index contributed by atoms with van der Waals surface area (Å²) in [4.78, 5) is 0. The Morgan fingerprint density at radius 2 is 1.94 bits per heavy atom. The molecule has 0 aliphatic heterocycles. The molecule has 18 heavy (non-hydrogen) atoms. The van der Waals surface area contributed by atoms with Crippen molar-refractivity contribution >= 4 is 0 Å². The first-order valence-corrected chi connectivity index (χ1v) is 5.93. The van der Waals surface area contributed by atoms with E-state index in [2.05, 4.69) is 5.32 Å². The summed E-state index contributed by atoms with van der Waals surface area (Å²) in [6, 6.07) is 3.33. The Morgan fingerprint density at radius 1 is 1.28 bits per heavy atom. The Kier molecular flexibility index (Phi) is 5.14. The van der Waals surface area contributed by atoms with Crippen LogP contribution in [0.25, 0.3) is 0 Å². The predicted octanol–water partition coefficient (Wildman–Crippen LogP) is 4.12. The molecule has 0 radical (unpaired) electrons. The first kappa shape index (κ1) is 15.0. The van der Waals surface area contributed by atoms with Crippen molar-refractivity contribution in [2.24, 2.45) is 0 Å². The van der Waals surface area contributed by atoms with Crippen LogP contribution in [0.3, 0.4) is 0 Å². The van der Waals surface area contributed by atoms with E-state index in [1.165, 1.54) is 6.07 Å². The Bertz CT molecular complexity index is 387. The van der Waals surface area contributed by atoms with Crippen molar-refractivity contribution in [3.63, 3.8) is 0 Å². The minimum absolute atomic E-state index is 0.231. The second kappa shape index (κ2) is 6.18. The smallest absolute Gasteiger partial charge is 0.310 e. The third-order valence-corrected chi connectivity index (χ3v) is 2.71. The van der Waals surface area contributed by atoms with Gasteiger partial charge >= 0.3 is 6.18 Å². The Morgan fingerprint density at radius 3 is 2.50 bits per heavy atom. The van der Waals surface area contributed by atoms with Gasteiger partial charge in [0.05, 0.1) is 5.56 Å². The van der Waals surface area contributed by atoms with Gasteiger partial charge in [-0.25, -0.2) is 4.39 Å². The van der Waals surface area contributed by atoms with Crippen LogP contribution in [-0.4, -0.2) is 6.04 Å². The summed E-state index contributed by atoms with van der Waals surface area (Å²) in [5, 5.41) is 3.11. The zero-order valence-corrected chi connectivity index (χ0v) is 10.4. The van der Waals surface area contributed by atoms with Crippen LogP contribution in [0.5, 0.6) is 0 Å². The minimum atomic E-state index is -4.64. The molecule has 0 heterocycles. The van der Waals surface area contributed by atoms with Crippen LogP contribution in [0.2, 0.25) is 0 Å². The number of benzene rings is 1. The number of hydrogen-bond donors (Lipinski definition) is 1. The van der Waals surface area contributed by atoms with Crippen LogP contribution in [-0.2, 0) is 12.7 Å². The summed E-state index contributed by atoms with van der Waals surface area (Å²) in [5.41, 5.74) is -0.767. The molecule has 1 rings (SSSR count). The van der Waals surface area contributed by atoms with Gasteiger partial charge in [-0.15, -0.1) is 0 Å². The third kappa shape index (κ3) is 4.29. The molecule has 0 saturated heterocycles. The zero-order valence-electron chi connectivity index (χ0n) is 10.4. The molecule has 1 atom stereocenters. The zero-order chi connectivity index (χ0) is 13.8. The van der Waals surface area contributed by atoms with Gasteiger partial charge in [-0.3, -0.25) is 0 Å². The lowest BCUT2D eigenvalue weighted by Gasteiger charge is -2.14. The highest BCUT2D eigenvalue weighted by Gasteiger charge is 2.34. The van der Waals surface area contributed by atoms with E-state index >= 15 is 0 Å². The molecule has 0 amide bonds. The van der Waals surface area contributed by atoms with Crippen molar-refractivity contribution in [1.82, 2.24) is 5.32 Å². The van der Waals surface area contributed by atoms with Gasteiger partial charge in [0, 0.05) is 12.6 Å². The fourth-order valence-corrected chi connectivity index (χ4v) is 1.73. The number of nitrogens with one attached hydrogen (secondary N) is 1. The van der Waals surface area contributed by atoms with E-state index in [1.807, 2.05) is 13.8 Å². The molecule has 1 nitrogen and oxygen atoms in total. The molecular formula is C13H17F4N. The quantitative estimate of drug-likeness (QED) is 0.788. The van der Waals surface area contributed by atoms with Gasteiger partial charge in [0.25, 0.3) is 0 Å². The van der Waals surface area contributed by atoms with Crippen molar-refractivity contribution in [3.05, 3.63) is 35.1 Å². The van der Waals surface area contributed by atoms with Crippen LogP contribution in [0.4, 0.5) is 17.6 Å². The molecule has 0 aliphatic rings. The molecule has 1 aromatic rings. The normalized spacial score (nSPS) is 13.7. The monoisotopic (exact) mass is 263 g/mol. The largest absolute Gasteiger partial charge is 0.419 e. The van der Waals surface area contributed by atoms with Crippen molar-refractivity contribution in [2.75, 3.05) is 0 Å². The Balaban J connectivity index is 2.74. The van der Waals surface area contributed by atoms with Crippen molar-refractivity contribution in [3.8, 4) is 0 Å². The van der Waals surface area contributed by atoms with Crippen molar-refractivity contribution in [2.45, 2.75) is 45.5 Å². The van der Waals surface area contributed by atoms with E-state index in [9.17, 15) is 17.6 Å². The van der Waals surface area contributed by atoms with E-state index in [0.29, 0.717) is 12.1 Å². The molecule has 0 saturated carbocycles. The van der Waals surface area contributed by atoms with Gasteiger partial charge in [-0.1, -0.05) is 19.4 Å². The second-order valence-corrected chi connectivity index (χ2v) is 4.38. The summed E-state index contributed by atoms with van der Waals surface area (Å²) >= 11 is 0. The highest BCUT2D eigenvalue weighted by molar-refractivity contribution is 5.27. The molecular weight excluding hydrogens is 246 g/mol. The summed E-state index contributed by atoms with van der Waals surface area (Å²) in [6.07, 6.45) is -2.69. The molecule has 0 aliphatic carbocycles. The lowest BCUT2D eigenvalue weighted by Crippen LogP contribution is -2.25. The first-order valence-electron chi connectivity index (χ1n) is 5.93. The van der Waals surface area contributed by atoms with Crippen LogP contribution < -0.4 is 5.32 Å². The summed E-state index contributed by atoms with van der Waals surface area (Å²) in [6.45, 7) is 4.32. The van der Waals surface area contributed by atoms with Crippen LogP contribution in [0, 0.1) is 5.82 Å². The highest BCUT2D eigenvalue weighted by atomic mass is 19.4. The van der Waals surface area contributed by atoms with Crippen LogP contribution in [0.1, 0.15) is 37.8 Å². The molecule has 0 spiro atoms. The maximum Gasteiger partial charge on any atom is 0.419 e. The third-order valence-electron chi connectivity index (χ3n) is 2.71. The van der Waals surface area contributed by atoms with E-state index in [1.54, 1.807) is 0 Å². The van der Waals surface area contributed by atoms with Crippen molar-refractivity contribution in [1.29, 1.82) is 0 Å². The minimum Gasteiger partial charge on any atom is -0.310 e. The average molecular weight is 263 g/mol. The van der Waals surface area contributed by atoms with Gasteiger partial charge in [-0.05, 0) is 31.0 Å². The van der Waals surface area contributed by atoms with Crippen LogP contribution >= 0.6 is 0 Å². The molecule has 0 bridgehead atoms. The van der Waals surface area contributed by atoms with E-state index in [0.717, 1.165) is 25.0 Å². The summed E-state index contributed by atoms with van der Waals surface area (Å²) in [5.74, 6) is -1.23. The first-order chi connectivity index (χ1) is 8.34. The molecule has 1 N–H and O–H groups in total. The topological polar surface area (TPSA) is 12.0 Å². The average Bonchev–Trinajstić information content (AvgIpc) is 2.27. The number of rotatable bonds is 5. The van der Waals surface area contributed by atoms with Gasteiger partial charge < -0.3 is 5.32 Å². The van der Waals surface area contributed by atoms with E-state index in [4.69, 9.17) is 0 Å². The molecule has 0 fully saturated rings. The molecule has 1 unspecified atom stereocenters. The number of alkyl halides is 3. The molecule has 0 aromatic heterocycles. The lowest BCUT2D eigenvalue weighted by molar-refractivity contribution is -0.140. The molecule has 5 heteroatoms. The SMILES string of the molecule is CCCC(C)NCc1ccc(F)c(C(F)(F)F)c1. The van der Waals surface area contributed by atoms with E-state index < -0.39 is 17.6 Å². The summed E-state index contributed by atoms with van der Waals surface area (Å²) < 4.78 is 50.5. The molecule has 1 aromatic carbocycles. The highest BCUT2D eigenvalue weighted by Crippen LogP contribution is 2.31. The maximum absolute atomic E-state index is 13.0. The predicted molar refractivity (Wildman–Crippen MR) is 62.6 cm³/mol. The lowest BCUT2D eigenvalue weighted by atomic mass is 10.1. The fourth-order valence-electron chi connectivity index (χ4n) is 1.73. The number of hydrogen-bond acceptors (Lipinski definition) is 1. The number of halogens is 4. The second-order valence-electron chi connectivity index (χ2n) is 4.38. The molecule has 102 valence electrons. The van der Waals surface area contributed by atoms with Gasteiger partial charge in [0.2, 0.25) is 0 Å². The van der Waals surface area contributed by atoms with Gasteiger partial charge in [0.15, 0.2) is 0 Å². The fraction of sp³-hybridized carbons (Fsp3) is 0.538.